The minimum Gasteiger partial charge on any atom is -0.378 e. The smallest absolute Gasteiger partial charge is 0.204 e. The molecule has 1 aromatic carbocycles. The largest absolute Gasteiger partial charge is 0.378 e. The summed E-state index contributed by atoms with van der Waals surface area (Å²) in [6.45, 7) is 2.16. The molecule has 10 heteroatoms. The van der Waals surface area contributed by atoms with Gasteiger partial charge in [-0.2, -0.15) is 0 Å². The molecule has 1 aliphatic heterocycles. The van der Waals surface area contributed by atoms with Crippen LogP contribution in [0.1, 0.15) is 26.5 Å². The first-order valence-corrected chi connectivity index (χ1v) is 9.20. The lowest BCUT2D eigenvalue weighted by Crippen LogP contribution is -2.69. The molecule has 0 radical (unpaired) electrons. The van der Waals surface area contributed by atoms with Gasteiger partial charge in [-0.1, -0.05) is 23.2 Å². The van der Waals surface area contributed by atoms with Crippen LogP contribution in [0.3, 0.4) is 0 Å². The van der Waals surface area contributed by atoms with Crippen molar-refractivity contribution >= 4 is 61.7 Å². The molecule has 0 unspecified atom stereocenters. The molecule has 140 valence electrons. The van der Waals surface area contributed by atoms with Gasteiger partial charge < -0.3 is 14.9 Å². The maximum absolute atomic E-state index is 12.4. The Morgan fingerprint density at radius 3 is 2.46 bits per heavy atom. The normalized spacial score (nSPS) is 29.1. The average Bonchev–Trinajstić information content (AvgIpc) is 2.85. The second-order valence-corrected chi connectivity index (χ2v) is 7.74. The summed E-state index contributed by atoms with van der Waals surface area (Å²) in [6.07, 6.45) is -1.62. The second kappa shape index (κ2) is 6.54. The van der Waals surface area contributed by atoms with E-state index in [2.05, 4.69) is 20.9 Å². The van der Waals surface area contributed by atoms with E-state index in [4.69, 9.17) is 27.9 Å². The molecule has 0 bridgehead atoms. The van der Waals surface area contributed by atoms with Crippen molar-refractivity contribution in [3.63, 3.8) is 0 Å². The van der Waals surface area contributed by atoms with Crippen molar-refractivity contribution in [2.24, 2.45) is 0 Å². The molecule has 1 fully saturated rings. The van der Waals surface area contributed by atoms with E-state index in [9.17, 15) is 19.8 Å². The molecule has 0 saturated carbocycles. The van der Waals surface area contributed by atoms with Crippen LogP contribution in [0.15, 0.2) is 16.9 Å². The molecule has 26 heavy (non-hydrogen) atoms. The molecule has 0 aliphatic carbocycles. The summed E-state index contributed by atoms with van der Waals surface area (Å²) in [5.74, 6) is -1.54. The zero-order valence-electron chi connectivity index (χ0n) is 13.8. The van der Waals surface area contributed by atoms with Crippen molar-refractivity contribution in [3.8, 4) is 0 Å². The van der Waals surface area contributed by atoms with Crippen molar-refractivity contribution in [3.05, 3.63) is 26.9 Å². The van der Waals surface area contributed by atoms with Crippen LogP contribution in [-0.4, -0.2) is 49.1 Å². The third-order valence-corrected chi connectivity index (χ3v) is 6.05. The van der Waals surface area contributed by atoms with Crippen molar-refractivity contribution in [2.45, 2.75) is 37.7 Å². The van der Waals surface area contributed by atoms with Crippen molar-refractivity contribution in [1.29, 1.82) is 0 Å². The van der Waals surface area contributed by atoms with Gasteiger partial charge in [-0.25, -0.2) is 4.98 Å². The lowest BCUT2D eigenvalue weighted by atomic mass is 9.72. The van der Waals surface area contributed by atoms with Gasteiger partial charge in [-0.05, 0) is 41.9 Å². The number of carbonyl (C=O) groups is 2. The molecular formula is C16H15BrCl2N2O5. The molecule has 1 saturated heterocycles. The Kier molecular flexibility index (Phi) is 4.96. The fourth-order valence-corrected chi connectivity index (χ4v) is 4.17. The summed E-state index contributed by atoms with van der Waals surface area (Å²) in [5.41, 5.74) is -3.98. The van der Waals surface area contributed by atoms with Crippen molar-refractivity contribution in [2.75, 3.05) is 6.61 Å². The number of nitrogens with zero attached hydrogens (tertiary/aromatic N) is 2. The average molecular weight is 466 g/mol. The SMILES string of the molecule is CC(=O)[C@@]1(O)CCO[C@@H](n2c(Br)nc3cc(Cl)c(Cl)cc32)[C@@]1(O)C(C)=O. The number of halogens is 3. The Labute approximate surface area is 167 Å². The highest BCUT2D eigenvalue weighted by Gasteiger charge is 2.64. The minimum atomic E-state index is -2.51. The van der Waals surface area contributed by atoms with Crippen LogP contribution in [0.25, 0.3) is 11.0 Å². The van der Waals surface area contributed by atoms with Crippen LogP contribution in [-0.2, 0) is 14.3 Å². The molecule has 1 aromatic heterocycles. The summed E-state index contributed by atoms with van der Waals surface area (Å²) >= 11 is 15.4. The number of rotatable bonds is 3. The zero-order valence-corrected chi connectivity index (χ0v) is 16.9. The quantitative estimate of drug-likeness (QED) is 0.722. The van der Waals surface area contributed by atoms with Crippen molar-refractivity contribution in [1.82, 2.24) is 9.55 Å². The first kappa shape index (κ1) is 19.7. The van der Waals surface area contributed by atoms with Gasteiger partial charge in [0.25, 0.3) is 0 Å². The number of hydrogen-bond acceptors (Lipinski definition) is 6. The van der Waals surface area contributed by atoms with Gasteiger partial charge in [0.1, 0.15) is 0 Å². The Morgan fingerprint density at radius 1 is 1.27 bits per heavy atom. The van der Waals surface area contributed by atoms with E-state index in [1.54, 1.807) is 0 Å². The Balaban J connectivity index is 2.30. The summed E-state index contributed by atoms with van der Waals surface area (Å²) in [5, 5.41) is 22.6. The van der Waals surface area contributed by atoms with E-state index in [0.717, 1.165) is 13.8 Å². The van der Waals surface area contributed by atoms with E-state index in [1.807, 2.05) is 0 Å². The molecule has 0 spiro atoms. The maximum Gasteiger partial charge on any atom is 0.204 e. The summed E-state index contributed by atoms with van der Waals surface area (Å²) in [7, 11) is 0. The van der Waals surface area contributed by atoms with Gasteiger partial charge >= 0.3 is 0 Å². The summed E-state index contributed by atoms with van der Waals surface area (Å²) in [4.78, 5) is 28.8. The van der Waals surface area contributed by atoms with E-state index >= 15 is 0 Å². The first-order chi connectivity index (χ1) is 12.0. The number of ether oxygens (including phenoxy) is 1. The number of imidazole rings is 1. The van der Waals surface area contributed by atoms with Crippen LogP contribution in [0.2, 0.25) is 10.0 Å². The molecule has 7 nitrogen and oxygen atoms in total. The summed E-state index contributed by atoms with van der Waals surface area (Å²) in [6, 6.07) is 3.02. The third kappa shape index (κ3) is 2.63. The molecule has 0 amide bonds. The molecular weight excluding hydrogens is 451 g/mol. The molecule has 1 aliphatic rings. The molecule has 3 rings (SSSR count). The number of fused-ring (bicyclic) bond motifs is 1. The molecule has 2 heterocycles. The molecule has 2 N–H and O–H groups in total. The van der Waals surface area contributed by atoms with Crippen LogP contribution in [0.4, 0.5) is 0 Å². The standard InChI is InChI=1S/C16H15BrCl2N2O5/c1-7(22)15(24)3-4-26-13(16(15,25)8(2)23)21-12-6-10(19)9(18)5-11(12)20-14(21)17/h5-6,13,24-25H,3-4H2,1-2H3/t13-,15+,16+/m1/s1. The molecule has 3 atom stereocenters. The second-order valence-electron chi connectivity index (χ2n) is 6.22. The topological polar surface area (TPSA) is 102 Å². The number of hydrogen-bond donors (Lipinski definition) is 2. The Bertz CT molecular complexity index is 933. The highest BCUT2D eigenvalue weighted by atomic mass is 79.9. The Hall–Kier alpha value is -1.03. The van der Waals surface area contributed by atoms with Gasteiger partial charge in [0.15, 0.2) is 28.1 Å². The number of aliphatic hydroxyl groups is 2. The lowest BCUT2D eigenvalue weighted by molar-refractivity contribution is -0.255. The number of Topliss-reactive ketones (excluding diaryl/α,β-unsaturated/α-hetero) is 2. The highest BCUT2D eigenvalue weighted by molar-refractivity contribution is 9.10. The fraction of sp³-hybridized carbons (Fsp3) is 0.438. The highest BCUT2D eigenvalue weighted by Crippen LogP contribution is 2.45. The summed E-state index contributed by atoms with van der Waals surface area (Å²) < 4.78 is 7.22. The van der Waals surface area contributed by atoms with Crippen LogP contribution < -0.4 is 0 Å². The van der Waals surface area contributed by atoms with Gasteiger partial charge in [0, 0.05) is 6.42 Å². The Morgan fingerprint density at radius 2 is 1.88 bits per heavy atom. The number of benzene rings is 1. The van der Waals surface area contributed by atoms with Gasteiger partial charge in [0.05, 0.1) is 27.7 Å². The van der Waals surface area contributed by atoms with Gasteiger partial charge in [-0.3, -0.25) is 14.2 Å². The van der Waals surface area contributed by atoms with E-state index in [1.165, 1.54) is 16.7 Å². The van der Waals surface area contributed by atoms with Crippen LogP contribution >= 0.6 is 39.1 Å². The number of aromatic nitrogens is 2. The zero-order chi connectivity index (χ0) is 19.4. The van der Waals surface area contributed by atoms with Gasteiger partial charge in [-0.15, -0.1) is 0 Å². The van der Waals surface area contributed by atoms with Gasteiger partial charge in [0.2, 0.25) is 5.60 Å². The van der Waals surface area contributed by atoms with Crippen LogP contribution in [0, 0.1) is 0 Å². The molecule has 2 aromatic rings. The fourth-order valence-electron chi connectivity index (χ4n) is 3.29. The number of carbonyl (C=O) groups excluding carboxylic acids is 2. The lowest BCUT2D eigenvalue weighted by Gasteiger charge is -2.48. The predicted octanol–water partition coefficient (Wildman–Crippen LogP) is 2.66. The minimum absolute atomic E-state index is 0.0518. The van der Waals surface area contributed by atoms with E-state index in [-0.39, 0.29) is 27.8 Å². The van der Waals surface area contributed by atoms with E-state index < -0.39 is 29.0 Å². The number of ketones is 2. The van der Waals surface area contributed by atoms with E-state index in [0.29, 0.717) is 11.0 Å². The third-order valence-electron chi connectivity index (χ3n) is 4.77. The maximum atomic E-state index is 12.4. The predicted molar refractivity (Wildman–Crippen MR) is 98.3 cm³/mol. The van der Waals surface area contributed by atoms with Crippen molar-refractivity contribution < 1.29 is 24.5 Å². The first-order valence-electron chi connectivity index (χ1n) is 7.65. The monoisotopic (exact) mass is 464 g/mol. The van der Waals surface area contributed by atoms with Crippen LogP contribution in [0.5, 0.6) is 0 Å².